The zero-order valence-electron chi connectivity index (χ0n) is 15.4. The maximum atomic E-state index is 11.2. The van der Waals surface area contributed by atoms with Gasteiger partial charge < -0.3 is 5.32 Å². The second kappa shape index (κ2) is 11.4. The van der Waals surface area contributed by atoms with Gasteiger partial charge in [0.1, 0.15) is 5.69 Å². The number of nitrogens with zero attached hydrogens (tertiary/aromatic N) is 2. The van der Waals surface area contributed by atoms with Gasteiger partial charge in [-0.05, 0) is 38.1 Å². The number of thiol groups is 1. The van der Waals surface area contributed by atoms with Crippen LogP contribution in [0.25, 0.3) is 0 Å². The van der Waals surface area contributed by atoms with Crippen molar-refractivity contribution in [3.8, 4) is 0 Å². The number of hydrogen-bond donors (Lipinski definition) is 2. The number of carbonyl (C=O) groups is 1. The van der Waals surface area contributed by atoms with Gasteiger partial charge in [-0.25, -0.2) is 4.98 Å². The molecule has 0 aliphatic rings. The van der Waals surface area contributed by atoms with Crippen LogP contribution in [0.4, 0.5) is 0 Å². The minimum absolute atomic E-state index is 0.211. The Balaban J connectivity index is 0.000000199. The average molecular weight is 398 g/mol. The standard InChI is InChI=1S/C14H14S.C7H9N3OS/c1-11-3-7-13(8-4-11)15-14-9-5-12(2)6-10-14;11-7(10-3-4-12)6-5-8-1-2-9-6/h3-10H,1-2H3;1-2,5,12H,3-4H2,(H,10,11). The number of hydrogen-bond acceptors (Lipinski definition) is 5. The van der Waals surface area contributed by atoms with Gasteiger partial charge in [0.25, 0.3) is 5.91 Å². The molecule has 6 heteroatoms. The lowest BCUT2D eigenvalue weighted by Gasteiger charge is -2.02. The molecule has 3 rings (SSSR count). The molecule has 0 fully saturated rings. The number of carbonyl (C=O) groups excluding carboxylic acids is 1. The predicted molar refractivity (Wildman–Crippen MR) is 115 cm³/mol. The molecule has 1 N–H and O–H groups in total. The maximum Gasteiger partial charge on any atom is 0.271 e. The Morgan fingerprint density at radius 2 is 1.52 bits per heavy atom. The van der Waals surface area contributed by atoms with Crippen LogP contribution in [0.2, 0.25) is 0 Å². The molecule has 3 aromatic rings. The summed E-state index contributed by atoms with van der Waals surface area (Å²) in [6.07, 6.45) is 4.43. The van der Waals surface area contributed by atoms with Crippen LogP contribution in [-0.2, 0) is 0 Å². The first-order valence-electron chi connectivity index (χ1n) is 8.55. The lowest BCUT2D eigenvalue weighted by molar-refractivity contribution is 0.0951. The van der Waals surface area contributed by atoms with E-state index in [-0.39, 0.29) is 5.91 Å². The fraction of sp³-hybridized carbons (Fsp3) is 0.190. The Bertz CT molecular complexity index is 779. The number of benzene rings is 2. The molecule has 0 atom stereocenters. The number of aryl methyl sites for hydroxylation is 2. The summed E-state index contributed by atoms with van der Waals surface area (Å²) in [7, 11) is 0. The van der Waals surface area contributed by atoms with E-state index in [0.717, 1.165) is 0 Å². The van der Waals surface area contributed by atoms with E-state index in [1.807, 2.05) is 0 Å². The number of nitrogens with one attached hydrogen (secondary N) is 1. The molecule has 140 valence electrons. The fourth-order valence-electron chi connectivity index (χ4n) is 2.03. The van der Waals surface area contributed by atoms with Crippen LogP contribution in [0.15, 0.2) is 76.9 Å². The van der Waals surface area contributed by atoms with Crippen LogP contribution in [0.3, 0.4) is 0 Å². The van der Waals surface area contributed by atoms with E-state index in [1.54, 1.807) is 11.8 Å². The zero-order chi connectivity index (χ0) is 19.5. The molecule has 0 saturated heterocycles. The molecule has 0 aliphatic heterocycles. The molecule has 2 aromatic carbocycles. The number of aromatic nitrogens is 2. The highest BCUT2D eigenvalue weighted by Crippen LogP contribution is 2.27. The molecule has 0 spiro atoms. The first-order valence-corrected chi connectivity index (χ1v) is 9.99. The van der Waals surface area contributed by atoms with Crippen molar-refractivity contribution in [1.82, 2.24) is 15.3 Å². The highest BCUT2D eigenvalue weighted by Gasteiger charge is 2.03. The smallest absolute Gasteiger partial charge is 0.271 e. The average Bonchev–Trinajstić information content (AvgIpc) is 2.71. The summed E-state index contributed by atoms with van der Waals surface area (Å²) in [4.78, 5) is 21.4. The molecule has 0 radical (unpaired) electrons. The van der Waals surface area contributed by atoms with Gasteiger partial charge in [0.2, 0.25) is 0 Å². The van der Waals surface area contributed by atoms with Crippen molar-refractivity contribution in [2.24, 2.45) is 0 Å². The van der Waals surface area contributed by atoms with Gasteiger partial charge in [-0.3, -0.25) is 9.78 Å². The molecule has 0 unspecified atom stereocenters. The van der Waals surface area contributed by atoms with Crippen LogP contribution in [-0.4, -0.2) is 28.2 Å². The van der Waals surface area contributed by atoms with Crippen molar-refractivity contribution in [3.05, 3.63) is 83.9 Å². The third kappa shape index (κ3) is 7.85. The fourth-order valence-corrected chi connectivity index (χ4v) is 2.95. The van der Waals surface area contributed by atoms with E-state index in [0.29, 0.717) is 18.0 Å². The summed E-state index contributed by atoms with van der Waals surface area (Å²) in [6, 6.07) is 17.3. The molecular formula is C21H23N3OS2. The van der Waals surface area contributed by atoms with Crippen LogP contribution >= 0.6 is 24.4 Å². The van der Waals surface area contributed by atoms with E-state index in [4.69, 9.17) is 0 Å². The van der Waals surface area contributed by atoms with Gasteiger partial charge in [0.15, 0.2) is 0 Å². The van der Waals surface area contributed by atoms with Crippen LogP contribution in [0.5, 0.6) is 0 Å². The van der Waals surface area contributed by atoms with E-state index >= 15 is 0 Å². The van der Waals surface area contributed by atoms with E-state index < -0.39 is 0 Å². The van der Waals surface area contributed by atoms with Crippen LogP contribution in [0, 0.1) is 13.8 Å². The molecule has 1 aromatic heterocycles. The van der Waals surface area contributed by atoms with Crippen molar-refractivity contribution < 1.29 is 4.79 Å². The van der Waals surface area contributed by atoms with E-state index in [9.17, 15) is 4.79 Å². The second-order valence-corrected chi connectivity index (χ2v) is 7.39. The van der Waals surface area contributed by atoms with Gasteiger partial charge in [-0.2, -0.15) is 12.6 Å². The summed E-state index contributed by atoms with van der Waals surface area (Å²) >= 11 is 5.76. The number of rotatable bonds is 5. The first-order chi connectivity index (χ1) is 13.1. The quantitative estimate of drug-likeness (QED) is 0.618. The van der Waals surface area contributed by atoms with E-state index in [1.165, 1.54) is 39.5 Å². The predicted octanol–water partition coefficient (Wildman–Crippen LogP) is 4.59. The molecule has 1 heterocycles. The molecule has 0 bridgehead atoms. The lowest BCUT2D eigenvalue weighted by Crippen LogP contribution is -2.26. The Morgan fingerprint density at radius 1 is 0.963 bits per heavy atom. The second-order valence-electron chi connectivity index (χ2n) is 5.80. The highest BCUT2D eigenvalue weighted by atomic mass is 32.2. The van der Waals surface area contributed by atoms with Crippen molar-refractivity contribution in [2.45, 2.75) is 23.6 Å². The molecule has 0 aliphatic carbocycles. The Labute approximate surface area is 170 Å². The van der Waals surface area contributed by atoms with Crippen molar-refractivity contribution in [1.29, 1.82) is 0 Å². The van der Waals surface area contributed by atoms with Gasteiger partial charge in [-0.1, -0.05) is 47.2 Å². The summed E-state index contributed by atoms with van der Waals surface area (Å²) in [5.41, 5.74) is 2.95. The van der Waals surface area contributed by atoms with Crippen molar-refractivity contribution in [2.75, 3.05) is 12.3 Å². The minimum atomic E-state index is -0.211. The first kappa shape index (κ1) is 21.0. The SMILES string of the molecule is Cc1ccc(Sc2ccc(C)cc2)cc1.O=C(NCCS)c1cnccn1. The molecule has 1 amide bonds. The summed E-state index contributed by atoms with van der Waals surface area (Å²) in [5, 5.41) is 2.63. The van der Waals surface area contributed by atoms with Crippen LogP contribution < -0.4 is 5.32 Å². The Kier molecular flexibility index (Phi) is 8.87. The van der Waals surface area contributed by atoms with Crippen molar-refractivity contribution >= 4 is 30.3 Å². The van der Waals surface area contributed by atoms with Gasteiger partial charge in [-0.15, -0.1) is 0 Å². The topological polar surface area (TPSA) is 54.9 Å². The van der Waals surface area contributed by atoms with Gasteiger partial charge >= 0.3 is 0 Å². The summed E-state index contributed by atoms with van der Waals surface area (Å²) in [6.45, 7) is 4.76. The molecular weight excluding hydrogens is 374 g/mol. The normalized spacial score (nSPS) is 9.89. The Hall–Kier alpha value is -2.31. The van der Waals surface area contributed by atoms with Gasteiger partial charge in [0.05, 0.1) is 6.20 Å². The Morgan fingerprint density at radius 3 is 1.96 bits per heavy atom. The highest BCUT2D eigenvalue weighted by molar-refractivity contribution is 7.99. The molecule has 4 nitrogen and oxygen atoms in total. The van der Waals surface area contributed by atoms with Gasteiger partial charge in [0, 0.05) is 34.5 Å². The zero-order valence-corrected chi connectivity index (χ0v) is 17.1. The van der Waals surface area contributed by atoms with Crippen molar-refractivity contribution in [3.63, 3.8) is 0 Å². The third-order valence-corrected chi connectivity index (χ3v) is 4.71. The monoisotopic (exact) mass is 397 g/mol. The maximum absolute atomic E-state index is 11.2. The van der Waals surface area contributed by atoms with E-state index in [2.05, 4.69) is 90.3 Å². The molecule has 27 heavy (non-hydrogen) atoms. The summed E-state index contributed by atoms with van der Waals surface area (Å²) in [5.74, 6) is 0.406. The lowest BCUT2D eigenvalue weighted by atomic mass is 10.2. The van der Waals surface area contributed by atoms with Crippen LogP contribution in [0.1, 0.15) is 21.6 Å². The number of amides is 1. The summed E-state index contributed by atoms with van der Waals surface area (Å²) < 4.78 is 0. The molecule has 0 saturated carbocycles. The minimum Gasteiger partial charge on any atom is -0.350 e. The third-order valence-electron chi connectivity index (χ3n) is 3.47. The largest absolute Gasteiger partial charge is 0.350 e.